The molecule has 4 rings (SSSR count). The van der Waals surface area contributed by atoms with Crippen LogP contribution in [0.25, 0.3) is 0 Å². The van der Waals surface area contributed by atoms with Crippen LogP contribution in [0.3, 0.4) is 0 Å². The summed E-state index contributed by atoms with van der Waals surface area (Å²) in [4.78, 5) is 15.1. The van der Waals surface area contributed by atoms with Crippen LogP contribution in [-0.4, -0.2) is 66.4 Å². The summed E-state index contributed by atoms with van der Waals surface area (Å²) in [6, 6.07) is 2.44. The van der Waals surface area contributed by atoms with Gasteiger partial charge in [-0.05, 0) is 38.2 Å². The van der Waals surface area contributed by atoms with Crippen molar-refractivity contribution in [2.45, 2.75) is 55.5 Å². The van der Waals surface area contributed by atoms with E-state index in [0.29, 0.717) is 37.4 Å². The van der Waals surface area contributed by atoms with Crippen LogP contribution in [0, 0.1) is 0 Å². The molecule has 0 aliphatic carbocycles. The fraction of sp³-hybridized carbons (Fsp3) is 0.722. The van der Waals surface area contributed by atoms with E-state index < -0.39 is 10.0 Å². The lowest BCUT2D eigenvalue weighted by molar-refractivity contribution is 0.0738. The summed E-state index contributed by atoms with van der Waals surface area (Å²) in [6.07, 6.45) is 7.73. The molecule has 0 aromatic carbocycles. The molecule has 4 heterocycles. The first-order valence-electron chi connectivity index (χ1n) is 9.67. The fourth-order valence-electron chi connectivity index (χ4n) is 4.43. The van der Waals surface area contributed by atoms with E-state index in [0.717, 1.165) is 38.6 Å². The molecule has 2 bridgehead atoms. The van der Waals surface area contributed by atoms with Gasteiger partial charge in [-0.25, -0.2) is 8.42 Å². The Labute approximate surface area is 155 Å². The minimum atomic E-state index is -3.51. The molecule has 0 radical (unpaired) electrons. The molecule has 3 fully saturated rings. The maximum Gasteiger partial charge on any atom is 0.270 e. The summed E-state index contributed by atoms with van der Waals surface area (Å²) in [6.45, 7) is 2.57. The number of sulfonamides is 1. The van der Waals surface area contributed by atoms with Gasteiger partial charge in [-0.15, -0.1) is 0 Å². The van der Waals surface area contributed by atoms with E-state index in [-0.39, 0.29) is 10.8 Å². The Hall–Kier alpha value is -1.38. The standard InChI is InChI=1S/C18H28N4O3S/c1-20-13-16(26(24,25)22-8-3-2-4-9-22)11-17(20)18(23)21-10-7-14-5-6-15(12-21)19-14/h11,13-15,19H,2-10,12H2,1H3. The summed E-state index contributed by atoms with van der Waals surface area (Å²) < 4.78 is 29.0. The maximum atomic E-state index is 13.0. The number of nitrogens with one attached hydrogen (secondary N) is 1. The quantitative estimate of drug-likeness (QED) is 0.854. The number of hydrogen-bond donors (Lipinski definition) is 1. The minimum absolute atomic E-state index is 0.0676. The average Bonchev–Trinajstić information content (AvgIpc) is 3.18. The molecule has 0 spiro atoms. The molecular formula is C18H28N4O3S. The van der Waals surface area contributed by atoms with Gasteiger partial charge in [0, 0.05) is 51.5 Å². The van der Waals surface area contributed by atoms with Gasteiger partial charge in [-0.3, -0.25) is 4.79 Å². The topological polar surface area (TPSA) is 74.7 Å². The fourth-order valence-corrected chi connectivity index (χ4v) is 6.02. The Bertz CT molecular complexity index is 782. The number of carbonyl (C=O) groups excluding carboxylic acids is 1. The van der Waals surface area contributed by atoms with Gasteiger partial charge >= 0.3 is 0 Å². The SMILES string of the molecule is Cn1cc(S(=O)(=O)N2CCCCC2)cc1C(=O)N1CCC2CCC(C1)N2. The van der Waals surface area contributed by atoms with Crippen molar-refractivity contribution in [3.63, 3.8) is 0 Å². The summed E-state index contributed by atoms with van der Waals surface area (Å²) in [7, 11) is -1.76. The summed E-state index contributed by atoms with van der Waals surface area (Å²) in [5, 5.41) is 3.57. The zero-order valence-corrected chi connectivity index (χ0v) is 16.2. The maximum absolute atomic E-state index is 13.0. The molecule has 2 atom stereocenters. The van der Waals surface area contributed by atoms with E-state index in [2.05, 4.69) is 5.32 Å². The molecule has 1 aromatic rings. The third-order valence-electron chi connectivity index (χ3n) is 5.96. The Morgan fingerprint density at radius 1 is 1.08 bits per heavy atom. The van der Waals surface area contributed by atoms with E-state index in [1.54, 1.807) is 28.2 Å². The van der Waals surface area contributed by atoms with Crippen LogP contribution in [0.4, 0.5) is 0 Å². The number of rotatable bonds is 3. The highest BCUT2D eigenvalue weighted by atomic mass is 32.2. The molecule has 3 aliphatic heterocycles. The lowest BCUT2D eigenvalue weighted by atomic mass is 10.1. The number of fused-ring (bicyclic) bond motifs is 2. The van der Waals surface area contributed by atoms with Crippen molar-refractivity contribution in [2.75, 3.05) is 26.2 Å². The predicted octanol–water partition coefficient (Wildman–Crippen LogP) is 1.17. The minimum Gasteiger partial charge on any atom is -0.345 e. The van der Waals surface area contributed by atoms with Gasteiger partial charge in [0.2, 0.25) is 10.0 Å². The normalized spacial score (nSPS) is 27.5. The smallest absolute Gasteiger partial charge is 0.270 e. The van der Waals surface area contributed by atoms with Gasteiger partial charge in [0.1, 0.15) is 10.6 Å². The second-order valence-corrected chi connectivity index (χ2v) is 9.75. The van der Waals surface area contributed by atoms with Crippen molar-refractivity contribution < 1.29 is 13.2 Å². The predicted molar refractivity (Wildman–Crippen MR) is 98.5 cm³/mol. The number of amides is 1. The number of piperidine rings is 1. The van der Waals surface area contributed by atoms with Crippen LogP contribution >= 0.6 is 0 Å². The third-order valence-corrected chi connectivity index (χ3v) is 7.83. The van der Waals surface area contributed by atoms with Crippen LogP contribution < -0.4 is 5.32 Å². The zero-order valence-electron chi connectivity index (χ0n) is 15.4. The number of carbonyl (C=O) groups is 1. The van der Waals surface area contributed by atoms with Crippen molar-refractivity contribution in [3.8, 4) is 0 Å². The van der Waals surface area contributed by atoms with Gasteiger partial charge in [-0.1, -0.05) is 6.42 Å². The first kappa shape index (κ1) is 18.0. The molecule has 144 valence electrons. The Balaban J connectivity index is 1.55. The van der Waals surface area contributed by atoms with Crippen LogP contribution in [0.5, 0.6) is 0 Å². The largest absolute Gasteiger partial charge is 0.345 e. The van der Waals surface area contributed by atoms with Gasteiger partial charge < -0.3 is 14.8 Å². The van der Waals surface area contributed by atoms with Gasteiger partial charge in [-0.2, -0.15) is 4.31 Å². The molecule has 1 amide bonds. The van der Waals surface area contributed by atoms with Gasteiger partial charge in [0.05, 0.1) is 0 Å². The molecular weight excluding hydrogens is 352 g/mol. The molecule has 26 heavy (non-hydrogen) atoms. The lowest BCUT2D eigenvalue weighted by Crippen LogP contribution is -2.39. The van der Waals surface area contributed by atoms with Crippen LogP contribution in [0.15, 0.2) is 17.2 Å². The van der Waals surface area contributed by atoms with Gasteiger partial charge in [0.15, 0.2) is 0 Å². The van der Waals surface area contributed by atoms with Crippen molar-refractivity contribution in [2.24, 2.45) is 7.05 Å². The molecule has 7 nitrogen and oxygen atoms in total. The van der Waals surface area contributed by atoms with E-state index in [1.165, 1.54) is 6.42 Å². The van der Waals surface area contributed by atoms with Crippen molar-refractivity contribution in [1.82, 2.24) is 19.1 Å². The molecule has 1 aromatic heterocycles. The number of hydrogen-bond acceptors (Lipinski definition) is 4. The monoisotopic (exact) mass is 380 g/mol. The number of likely N-dealkylation sites (tertiary alicyclic amines) is 1. The second kappa shape index (κ2) is 6.98. The average molecular weight is 381 g/mol. The van der Waals surface area contributed by atoms with Gasteiger partial charge in [0.25, 0.3) is 5.91 Å². The molecule has 8 heteroatoms. The first-order valence-corrected chi connectivity index (χ1v) is 11.1. The molecule has 1 N–H and O–H groups in total. The third kappa shape index (κ3) is 3.30. The molecule has 0 saturated carbocycles. The highest BCUT2D eigenvalue weighted by Gasteiger charge is 2.33. The first-order chi connectivity index (χ1) is 12.4. The number of aromatic nitrogens is 1. The van der Waals surface area contributed by atoms with E-state index in [4.69, 9.17) is 0 Å². The van der Waals surface area contributed by atoms with E-state index in [9.17, 15) is 13.2 Å². The van der Waals surface area contributed by atoms with Crippen molar-refractivity contribution in [1.29, 1.82) is 0 Å². The molecule has 3 saturated heterocycles. The zero-order chi connectivity index (χ0) is 18.3. The van der Waals surface area contributed by atoms with E-state index in [1.807, 2.05) is 4.90 Å². The Morgan fingerprint density at radius 2 is 1.81 bits per heavy atom. The van der Waals surface area contributed by atoms with Crippen LogP contribution in [-0.2, 0) is 17.1 Å². The lowest BCUT2D eigenvalue weighted by Gasteiger charge is -2.25. The summed E-state index contributed by atoms with van der Waals surface area (Å²) in [5.41, 5.74) is 0.457. The van der Waals surface area contributed by atoms with Crippen LogP contribution in [0.2, 0.25) is 0 Å². The summed E-state index contributed by atoms with van der Waals surface area (Å²) >= 11 is 0. The highest BCUT2D eigenvalue weighted by molar-refractivity contribution is 7.89. The van der Waals surface area contributed by atoms with Crippen molar-refractivity contribution >= 4 is 15.9 Å². The Kier molecular flexibility index (Phi) is 4.83. The Morgan fingerprint density at radius 3 is 2.58 bits per heavy atom. The molecule has 3 aliphatic rings. The second-order valence-electron chi connectivity index (χ2n) is 7.81. The van der Waals surface area contributed by atoms with Crippen molar-refractivity contribution in [3.05, 3.63) is 18.0 Å². The summed E-state index contributed by atoms with van der Waals surface area (Å²) in [5.74, 6) is -0.0676. The molecule has 2 unspecified atom stereocenters. The van der Waals surface area contributed by atoms with E-state index >= 15 is 0 Å². The highest BCUT2D eigenvalue weighted by Crippen LogP contribution is 2.25. The number of nitrogens with zero attached hydrogens (tertiary/aromatic N) is 3. The number of aryl methyl sites for hydroxylation is 1. The van der Waals surface area contributed by atoms with Crippen LogP contribution in [0.1, 0.15) is 49.0 Å².